The summed E-state index contributed by atoms with van der Waals surface area (Å²) in [4.78, 5) is 14.6. The van der Waals surface area contributed by atoms with Gasteiger partial charge in [0, 0.05) is 0 Å². The number of aliphatic hydroxyl groups is 3. The van der Waals surface area contributed by atoms with Gasteiger partial charge in [-0.15, -0.1) is 0 Å². The molecule has 6 N–H and O–H groups in total. The van der Waals surface area contributed by atoms with E-state index in [9.17, 15) is 20.1 Å². The molecule has 0 radical (unpaired) electrons. The van der Waals surface area contributed by atoms with Gasteiger partial charge in [0.05, 0.1) is 6.61 Å². The maximum atomic E-state index is 11.0. The highest BCUT2D eigenvalue weighted by Crippen LogP contribution is 2.40. The number of hydrogen-bond donors (Lipinski definition) is 5. The van der Waals surface area contributed by atoms with Crippen molar-refractivity contribution < 1.29 is 30.0 Å². The fourth-order valence-electron chi connectivity index (χ4n) is 2.09. The summed E-state index contributed by atoms with van der Waals surface area (Å²) in [5, 5.41) is 38.8. The maximum Gasteiger partial charge on any atom is 0.272 e. The lowest BCUT2D eigenvalue weighted by molar-refractivity contribution is -0.0988. The van der Waals surface area contributed by atoms with E-state index in [1.54, 1.807) is 0 Å². The Hall–Kier alpha value is -1.68. The Bertz CT molecular complexity index is 499. The molecule has 2 heterocycles. The summed E-state index contributed by atoms with van der Waals surface area (Å²) in [6.07, 6.45) is -2.53. The van der Waals surface area contributed by atoms with Crippen LogP contribution < -0.4 is 5.73 Å². The van der Waals surface area contributed by atoms with Crippen molar-refractivity contribution >= 4 is 5.91 Å². The number of nitrogens with zero attached hydrogens (tertiary/aromatic N) is 2. The van der Waals surface area contributed by atoms with Gasteiger partial charge in [-0.05, 0) is 6.92 Å². The minimum absolute atomic E-state index is 0.374. The first-order chi connectivity index (χ1) is 8.80. The fraction of sp³-hybridized carbons (Fsp3) is 0.600. The van der Waals surface area contributed by atoms with Crippen molar-refractivity contribution in [1.82, 2.24) is 9.55 Å². The van der Waals surface area contributed by atoms with Crippen molar-refractivity contribution in [2.75, 3.05) is 6.61 Å². The number of hydrogen-bond acceptors (Lipinski definition) is 7. The van der Waals surface area contributed by atoms with Gasteiger partial charge >= 0.3 is 0 Å². The highest BCUT2D eigenvalue weighted by molar-refractivity contribution is 5.93. The fourth-order valence-corrected chi connectivity index (χ4v) is 2.09. The van der Waals surface area contributed by atoms with E-state index >= 15 is 0 Å². The van der Waals surface area contributed by atoms with Crippen LogP contribution in [-0.4, -0.2) is 60.3 Å². The normalized spacial score (nSPS) is 34.6. The van der Waals surface area contributed by atoms with Gasteiger partial charge in [-0.1, -0.05) is 0 Å². The second-order valence-corrected chi connectivity index (χ2v) is 4.57. The smallest absolute Gasteiger partial charge is 0.272 e. The molecular weight excluding hydrogens is 258 g/mol. The predicted molar refractivity (Wildman–Crippen MR) is 60.0 cm³/mol. The van der Waals surface area contributed by atoms with Crippen LogP contribution in [0.3, 0.4) is 0 Å². The van der Waals surface area contributed by atoms with E-state index in [4.69, 9.17) is 15.6 Å². The van der Waals surface area contributed by atoms with Crippen LogP contribution in [0.2, 0.25) is 0 Å². The zero-order valence-corrected chi connectivity index (χ0v) is 10.1. The van der Waals surface area contributed by atoms with Crippen LogP contribution in [0.1, 0.15) is 23.6 Å². The highest BCUT2D eigenvalue weighted by atomic mass is 16.6. The minimum Gasteiger partial charge on any atom is -0.493 e. The van der Waals surface area contributed by atoms with Gasteiger partial charge < -0.3 is 30.9 Å². The average molecular weight is 273 g/mol. The Morgan fingerprint density at radius 3 is 2.74 bits per heavy atom. The number of primary amides is 1. The molecule has 0 aromatic carbocycles. The molecule has 2 rings (SSSR count). The lowest BCUT2D eigenvalue weighted by atomic mass is 9.96. The monoisotopic (exact) mass is 273 g/mol. The summed E-state index contributed by atoms with van der Waals surface area (Å²) in [6, 6.07) is 0. The number of aromatic hydroxyl groups is 1. The summed E-state index contributed by atoms with van der Waals surface area (Å²) in [6.45, 7) is 0.771. The molecule has 1 fully saturated rings. The van der Waals surface area contributed by atoms with Gasteiger partial charge in [-0.25, -0.2) is 4.98 Å². The first kappa shape index (κ1) is 13.7. The standard InChI is InChI=1S/C10H15N3O6/c1-10(18)6(15)4(2-14)19-9(10)13-3-12-5(7(11)16)8(13)17/h3-4,6,9,14-15,17-18H,2H2,1H3,(H2,11,16)/t4-,6-,9-,10-/m1/s1. The maximum absolute atomic E-state index is 11.0. The van der Waals surface area contributed by atoms with Crippen LogP contribution in [0.4, 0.5) is 0 Å². The summed E-state index contributed by atoms with van der Waals surface area (Å²) >= 11 is 0. The first-order valence-corrected chi connectivity index (χ1v) is 5.53. The number of ether oxygens (including phenoxy) is 1. The molecule has 1 aromatic rings. The van der Waals surface area contributed by atoms with Crippen molar-refractivity contribution in [1.29, 1.82) is 0 Å². The molecule has 9 heteroatoms. The molecule has 0 aliphatic carbocycles. The lowest BCUT2D eigenvalue weighted by Crippen LogP contribution is -2.44. The third kappa shape index (κ3) is 1.96. The Balaban J connectivity index is 2.40. The van der Waals surface area contributed by atoms with E-state index in [1.165, 1.54) is 6.92 Å². The van der Waals surface area contributed by atoms with Crippen molar-refractivity contribution in [3.8, 4) is 5.88 Å². The Kier molecular flexibility index (Phi) is 3.22. The third-order valence-electron chi connectivity index (χ3n) is 3.19. The Morgan fingerprint density at radius 1 is 1.68 bits per heavy atom. The van der Waals surface area contributed by atoms with Crippen molar-refractivity contribution in [2.45, 2.75) is 31.0 Å². The molecule has 1 amide bonds. The average Bonchev–Trinajstić information content (AvgIpc) is 2.80. The van der Waals surface area contributed by atoms with Crippen molar-refractivity contribution in [2.24, 2.45) is 5.73 Å². The van der Waals surface area contributed by atoms with E-state index in [1.807, 2.05) is 0 Å². The van der Waals surface area contributed by atoms with Crippen LogP contribution in [0, 0.1) is 0 Å². The van der Waals surface area contributed by atoms with E-state index in [2.05, 4.69) is 4.98 Å². The molecule has 4 atom stereocenters. The lowest BCUT2D eigenvalue weighted by Gasteiger charge is -2.27. The number of carbonyl (C=O) groups excluding carboxylic acids is 1. The summed E-state index contributed by atoms with van der Waals surface area (Å²) < 4.78 is 6.23. The zero-order chi connectivity index (χ0) is 14.4. The van der Waals surface area contributed by atoms with E-state index in [0.717, 1.165) is 10.9 Å². The van der Waals surface area contributed by atoms with Crippen LogP contribution >= 0.6 is 0 Å². The number of carbonyl (C=O) groups is 1. The van der Waals surface area contributed by atoms with Gasteiger partial charge in [0.15, 0.2) is 11.9 Å². The quantitative estimate of drug-likeness (QED) is 0.415. The van der Waals surface area contributed by atoms with Crippen LogP contribution in [0.15, 0.2) is 6.33 Å². The molecule has 19 heavy (non-hydrogen) atoms. The molecule has 1 aromatic heterocycles. The third-order valence-corrected chi connectivity index (χ3v) is 3.19. The van der Waals surface area contributed by atoms with Crippen LogP contribution in [-0.2, 0) is 4.74 Å². The van der Waals surface area contributed by atoms with E-state index in [0.29, 0.717) is 0 Å². The largest absolute Gasteiger partial charge is 0.493 e. The van der Waals surface area contributed by atoms with Gasteiger partial charge in [0.1, 0.15) is 24.1 Å². The second-order valence-electron chi connectivity index (χ2n) is 4.57. The highest BCUT2D eigenvalue weighted by Gasteiger charge is 2.53. The van der Waals surface area contributed by atoms with Gasteiger partial charge in [0.2, 0.25) is 5.88 Å². The number of nitrogens with two attached hydrogens (primary N) is 1. The van der Waals surface area contributed by atoms with Crippen LogP contribution in [0.25, 0.3) is 0 Å². The van der Waals surface area contributed by atoms with Gasteiger partial charge in [-0.2, -0.15) is 0 Å². The molecule has 0 unspecified atom stereocenters. The molecule has 1 aliphatic rings. The molecule has 9 nitrogen and oxygen atoms in total. The molecule has 0 spiro atoms. The van der Waals surface area contributed by atoms with Crippen LogP contribution in [0.5, 0.6) is 5.88 Å². The molecular formula is C10H15N3O6. The topological polar surface area (TPSA) is 151 Å². The summed E-state index contributed by atoms with van der Waals surface area (Å²) in [7, 11) is 0. The molecule has 1 saturated heterocycles. The number of amides is 1. The molecule has 0 bridgehead atoms. The zero-order valence-electron chi connectivity index (χ0n) is 10.1. The van der Waals surface area contributed by atoms with Gasteiger partial charge in [0.25, 0.3) is 5.91 Å². The first-order valence-electron chi connectivity index (χ1n) is 5.53. The minimum atomic E-state index is -1.78. The predicted octanol–water partition coefficient (Wildman–Crippen LogP) is -2.31. The summed E-state index contributed by atoms with van der Waals surface area (Å²) in [5.41, 5.74) is 2.86. The molecule has 1 aliphatic heterocycles. The number of rotatable bonds is 3. The van der Waals surface area contributed by atoms with E-state index in [-0.39, 0.29) is 5.69 Å². The van der Waals surface area contributed by atoms with E-state index < -0.39 is 42.4 Å². The Labute approximate surface area is 107 Å². The number of aliphatic hydroxyl groups excluding tert-OH is 2. The summed E-state index contributed by atoms with van der Waals surface area (Å²) in [5.74, 6) is -1.52. The molecule has 0 saturated carbocycles. The SMILES string of the molecule is C[C@@]1(O)[C@H](O)[C@@H](CO)O[C@H]1n1cnc(C(N)=O)c1O. The Morgan fingerprint density at radius 2 is 2.32 bits per heavy atom. The van der Waals surface area contributed by atoms with Crippen molar-refractivity contribution in [3.05, 3.63) is 12.0 Å². The second kappa shape index (κ2) is 4.46. The number of imidazole rings is 1. The molecule has 106 valence electrons. The van der Waals surface area contributed by atoms with Gasteiger partial charge in [-0.3, -0.25) is 9.36 Å². The van der Waals surface area contributed by atoms with Crippen molar-refractivity contribution in [3.63, 3.8) is 0 Å². The number of aromatic nitrogens is 2.